The van der Waals surface area contributed by atoms with Crippen LogP contribution in [0.25, 0.3) is 11.4 Å². The van der Waals surface area contributed by atoms with Gasteiger partial charge < -0.3 is 9.42 Å². The molecule has 7 heteroatoms. The number of carbonyl (C=O) groups excluding carboxylic acids is 1. The number of nitrogens with zero attached hydrogens (tertiary/aromatic N) is 5. The molecule has 0 saturated carbocycles. The summed E-state index contributed by atoms with van der Waals surface area (Å²) in [7, 11) is 0. The number of likely N-dealkylation sites (tertiary alicyclic amines) is 1. The lowest BCUT2D eigenvalue weighted by Gasteiger charge is -2.24. The van der Waals surface area contributed by atoms with E-state index in [1.54, 1.807) is 18.6 Å². The SMILES string of the molecule is O=C(CCCc1nc(-c2ccncc2)no1)N1CCC[C@H]1c1ccccn1. The summed E-state index contributed by atoms with van der Waals surface area (Å²) >= 11 is 0. The number of hydrogen-bond acceptors (Lipinski definition) is 6. The predicted octanol–water partition coefficient (Wildman–Crippen LogP) is 3.21. The van der Waals surface area contributed by atoms with E-state index in [1.165, 1.54) is 0 Å². The van der Waals surface area contributed by atoms with Crippen LogP contribution in [0, 0.1) is 0 Å². The van der Waals surface area contributed by atoms with Crippen LogP contribution in [0.2, 0.25) is 0 Å². The van der Waals surface area contributed by atoms with Gasteiger partial charge in [0, 0.05) is 43.5 Å². The van der Waals surface area contributed by atoms with Crippen molar-refractivity contribution >= 4 is 5.91 Å². The molecule has 0 bridgehead atoms. The minimum atomic E-state index is 0.0976. The molecule has 1 amide bonds. The molecule has 1 aliphatic heterocycles. The summed E-state index contributed by atoms with van der Waals surface area (Å²) in [5.74, 6) is 1.27. The molecule has 4 heterocycles. The van der Waals surface area contributed by atoms with Crippen LogP contribution in [-0.2, 0) is 11.2 Å². The molecular formula is C20H21N5O2. The molecular weight excluding hydrogens is 342 g/mol. The molecule has 138 valence electrons. The first kappa shape index (κ1) is 17.3. The third kappa shape index (κ3) is 4.02. The zero-order chi connectivity index (χ0) is 18.5. The standard InChI is InChI=1S/C20H21N5O2/c26-19(25-14-4-6-17(25)16-5-1-2-11-22-16)8-3-7-18-23-20(24-27-18)15-9-12-21-13-10-15/h1-2,5,9-13,17H,3-4,6-8,14H2/t17-/m0/s1. The van der Waals surface area contributed by atoms with E-state index in [4.69, 9.17) is 4.52 Å². The Morgan fingerprint density at radius 1 is 1.19 bits per heavy atom. The second-order valence-corrected chi connectivity index (χ2v) is 6.60. The minimum Gasteiger partial charge on any atom is -0.339 e. The van der Waals surface area contributed by atoms with Crippen LogP contribution in [0.15, 0.2) is 53.4 Å². The van der Waals surface area contributed by atoms with Crippen molar-refractivity contribution in [3.05, 3.63) is 60.5 Å². The van der Waals surface area contributed by atoms with E-state index in [1.807, 2.05) is 35.2 Å². The summed E-state index contributed by atoms with van der Waals surface area (Å²) in [5.41, 5.74) is 1.84. The fraction of sp³-hybridized carbons (Fsp3) is 0.350. The fourth-order valence-electron chi connectivity index (χ4n) is 3.45. The van der Waals surface area contributed by atoms with Crippen molar-refractivity contribution in [1.82, 2.24) is 25.0 Å². The van der Waals surface area contributed by atoms with Crippen molar-refractivity contribution in [3.63, 3.8) is 0 Å². The Kier molecular flexibility index (Phi) is 5.18. The maximum Gasteiger partial charge on any atom is 0.226 e. The molecule has 4 rings (SSSR count). The summed E-state index contributed by atoms with van der Waals surface area (Å²) in [6.07, 6.45) is 8.90. The van der Waals surface area contributed by atoms with E-state index in [2.05, 4.69) is 20.1 Å². The zero-order valence-corrected chi connectivity index (χ0v) is 15.0. The van der Waals surface area contributed by atoms with Crippen LogP contribution in [0.3, 0.4) is 0 Å². The molecule has 7 nitrogen and oxygen atoms in total. The van der Waals surface area contributed by atoms with E-state index >= 15 is 0 Å². The quantitative estimate of drug-likeness (QED) is 0.668. The van der Waals surface area contributed by atoms with Crippen LogP contribution < -0.4 is 0 Å². The second kappa shape index (κ2) is 8.07. The van der Waals surface area contributed by atoms with Crippen molar-refractivity contribution in [3.8, 4) is 11.4 Å². The summed E-state index contributed by atoms with van der Waals surface area (Å²) in [5, 5.41) is 4.00. The number of hydrogen-bond donors (Lipinski definition) is 0. The molecule has 27 heavy (non-hydrogen) atoms. The van der Waals surface area contributed by atoms with Gasteiger partial charge in [0.2, 0.25) is 17.6 Å². The Bertz CT molecular complexity index is 882. The first-order chi connectivity index (χ1) is 13.3. The summed E-state index contributed by atoms with van der Waals surface area (Å²) < 4.78 is 5.30. The van der Waals surface area contributed by atoms with Crippen molar-refractivity contribution < 1.29 is 9.32 Å². The molecule has 1 aliphatic rings. The van der Waals surface area contributed by atoms with Gasteiger partial charge in [-0.1, -0.05) is 11.2 Å². The van der Waals surface area contributed by atoms with Gasteiger partial charge in [-0.15, -0.1) is 0 Å². The van der Waals surface area contributed by atoms with Crippen LogP contribution in [0.4, 0.5) is 0 Å². The average molecular weight is 363 g/mol. The largest absolute Gasteiger partial charge is 0.339 e. The molecule has 1 fully saturated rings. The lowest BCUT2D eigenvalue weighted by atomic mass is 10.1. The number of amides is 1. The number of aryl methyl sites for hydroxylation is 1. The van der Waals surface area contributed by atoms with Crippen molar-refractivity contribution in [2.75, 3.05) is 6.54 Å². The molecule has 3 aromatic heterocycles. The highest BCUT2D eigenvalue weighted by atomic mass is 16.5. The molecule has 0 aliphatic carbocycles. The molecule has 1 atom stereocenters. The first-order valence-corrected chi connectivity index (χ1v) is 9.24. The number of pyridine rings is 2. The fourth-order valence-corrected chi connectivity index (χ4v) is 3.45. The van der Waals surface area contributed by atoms with Gasteiger partial charge in [0.25, 0.3) is 0 Å². The normalized spacial score (nSPS) is 16.6. The van der Waals surface area contributed by atoms with Crippen molar-refractivity contribution in [2.45, 2.75) is 38.1 Å². The van der Waals surface area contributed by atoms with Crippen LogP contribution >= 0.6 is 0 Å². The summed E-state index contributed by atoms with van der Waals surface area (Å²) in [6, 6.07) is 9.64. The zero-order valence-electron chi connectivity index (χ0n) is 15.0. The molecule has 0 N–H and O–H groups in total. The van der Waals surface area contributed by atoms with Gasteiger partial charge in [-0.2, -0.15) is 4.98 Å². The highest BCUT2D eigenvalue weighted by Crippen LogP contribution is 2.31. The minimum absolute atomic E-state index is 0.0976. The van der Waals surface area contributed by atoms with E-state index in [0.29, 0.717) is 31.0 Å². The van der Waals surface area contributed by atoms with Gasteiger partial charge in [-0.25, -0.2) is 0 Å². The predicted molar refractivity (Wildman–Crippen MR) is 98.4 cm³/mol. The Balaban J connectivity index is 1.31. The highest BCUT2D eigenvalue weighted by Gasteiger charge is 2.30. The lowest BCUT2D eigenvalue weighted by molar-refractivity contribution is -0.132. The van der Waals surface area contributed by atoms with Gasteiger partial charge in [0.05, 0.1) is 11.7 Å². The van der Waals surface area contributed by atoms with E-state index in [0.717, 1.165) is 30.6 Å². The lowest BCUT2D eigenvalue weighted by Crippen LogP contribution is -2.30. The Hall–Kier alpha value is -3.09. The van der Waals surface area contributed by atoms with Crippen LogP contribution in [0.5, 0.6) is 0 Å². The Labute approximate surface area is 157 Å². The smallest absolute Gasteiger partial charge is 0.226 e. The second-order valence-electron chi connectivity index (χ2n) is 6.60. The van der Waals surface area contributed by atoms with E-state index in [-0.39, 0.29) is 11.9 Å². The van der Waals surface area contributed by atoms with Crippen LogP contribution in [0.1, 0.15) is 43.3 Å². The van der Waals surface area contributed by atoms with E-state index in [9.17, 15) is 4.79 Å². The number of rotatable bonds is 6. The Morgan fingerprint density at radius 2 is 2.07 bits per heavy atom. The van der Waals surface area contributed by atoms with Gasteiger partial charge in [-0.05, 0) is 43.5 Å². The number of aromatic nitrogens is 4. The molecule has 1 saturated heterocycles. The van der Waals surface area contributed by atoms with Gasteiger partial charge >= 0.3 is 0 Å². The van der Waals surface area contributed by atoms with Crippen molar-refractivity contribution in [2.24, 2.45) is 0 Å². The highest BCUT2D eigenvalue weighted by molar-refractivity contribution is 5.77. The van der Waals surface area contributed by atoms with Gasteiger partial charge in [-0.3, -0.25) is 14.8 Å². The topological polar surface area (TPSA) is 85.0 Å². The third-order valence-corrected chi connectivity index (χ3v) is 4.79. The monoisotopic (exact) mass is 363 g/mol. The van der Waals surface area contributed by atoms with Crippen LogP contribution in [-0.4, -0.2) is 37.5 Å². The molecule has 3 aromatic rings. The van der Waals surface area contributed by atoms with Gasteiger partial charge in [0.1, 0.15) is 0 Å². The maximum absolute atomic E-state index is 12.7. The first-order valence-electron chi connectivity index (χ1n) is 9.24. The summed E-state index contributed by atoms with van der Waals surface area (Å²) in [6.45, 7) is 0.798. The summed E-state index contributed by atoms with van der Waals surface area (Å²) in [4.78, 5) is 27.4. The molecule has 0 spiro atoms. The molecule has 0 unspecified atom stereocenters. The van der Waals surface area contributed by atoms with E-state index < -0.39 is 0 Å². The maximum atomic E-state index is 12.7. The molecule has 0 aromatic carbocycles. The number of carbonyl (C=O) groups is 1. The third-order valence-electron chi connectivity index (χ3n) is 4.79. The molecule has 0 radical (unpaired) electrons. The van der Waals surface area contributed by atoms with Gasteiger partial charge in [0.15, 0.2) is 0 Å². The average Bonchev–Trinajstić information content (AvgIpc) is 3.39. The van der Waals surface area contributed by atoms with Crippen molar-refractivity contribution in [1.29, 1.82) is 0 Å². The Morgan fingerprint density at radius 3 is 2.89 bits per heavy atom.